The maximum Gasteiger partial charge on any atom is 0.269 e. The van der Waals surface area contributed by atoms with Gasteiger partial charge in [0.15, 0.2) is 0 Å². The first-order valence-corrected chi connectivity index (χ1v) is 13.6. The van der Waals surface area contributed by atoms with Crippen LogP contribution in [0.2, 0.25) is 0 Å². The van der Waals surface area contributed by atoms with Crippen molar-refractivity contribution in [3.63, 3.8) is 0 Å². The van der Waals surface area contributed by atoms with Gasteiger partial charge in [-0.2, -0.15) is 4.31 Å². The second-order valence-electron chi connectivity index (χ2n) is 8.85. The number of amides is 1. The highest BCUT2D eigenvalue weighted by molar-refractivity contribution is 7.89. The third-order valence-corrected chi connectivity index (χ3v) is 8.34. The number of hydrogen-bond acceptors (Lipinski definition) is 6. The molecule has 0 unspecified atom stereocenters. The number of nitro groups is 1. The van der Waals surface area contributed by atoms with Crippen LogP contribution in [0.15, 0.2) is 64.9 Å². The van der Waals surface area contributed by atoms with Crippen molar-refractivity contribution in [1.82, 2.24) is 9.21 Å². The summed E-state index contributed by atoms with van der Waals surface area (Å²) in [6, 6.07) is 12.4. The van der Waals surface area contributed by atoms with Crippen LogP contribution in [0.25, 0.3) is 0 Å². The van der Waals surface area contributed by atoms with Crippen LogP contribution in [0.5, 0.6) is 0 Å². The Bertz CT molecular complexity index is 1310. The van der Waals surface area contributed by atoms with E-state index in [0.29, 0.717) is 5.56 Å². The van der Waals surface area contributed by atoms with Crippen molar-refractivity contribution >= 4 is 33.0 Å². The largest absolute Gasteiger partial charge is 0.332 e. The lowest BCUT2D eigenvalue weighted by Gasteiger charge is -2.28. The van der Waals surface area contributed by atoms with Gasteiger partial charge < -0.3 is 4.90 Å². The van der Waals surface area contributed by atoms with Crippen LogP contribution in [0.3, 0.4) is 0 Å². The van der Waals surface area contributed by atoms with Crippen molar-refractivity contribution in [2.45, 2.75) is 38.8 Å². The summed E-state index contributed by atoms with van der Waals surface area (Å²) < 4.78 is 41.4. The van der Waals surface area contributed by atoms with Gasteiger partial charge in [-0.25, -0.2) is 12.8 Å². The second kappa shape index (κ2) is 11.7. The molecule has 192 valence electrons. The quantitative estimate of drug-likeness (QED) is 0.256. The van der Waals surface area contributed by atoms with Gasteiger partial charge in [0.05, 0.1) is 22.9 Å². The van der Waals surface area contributed by atoms with Gasteiger partial charge in [0, 0.05) is 30.1 Å². The summed E-state index contributed by atoms with van der Waals surface area (Å²) in [5.74, 6) is -0.864. The van der Waals surface area contributed by atoms with Gasteiger partial charge in [-0.15, -0.1) is 11.3 Å². The van der Waals surface area contributed by atoms with E-state index in [-0.39, 0.29) is 42.0 Å². The lowest BCUT2D eigenvalue weighted by Crippen LogP contribution is -2.43. The molecule has 2 aromatic carbocycles. The third kappa shape index (κ3) is 6.96. The summed E-state index contributed by atoms with van der Waals surface area (Å²) in [7, 11) is -4.10. The van der Waals surface area contributed by atoms with Gasteiger partial charge in [-0.3, -0.25) is 14.9 Å². The maximum absolute atomic E-state index is 13.5. The van der Waals surface area contributed by atoms with E-state index in [0.717, 1.165) is 26.9 Å². The maximum atomic E-state index is 13.5. The zero-order valence-corrected chi connectivity index (χ0v) is 21.9. The first-order valence-electron chi connectivity index (χ1n) is 11.3. The predicted molar refractivity (Wildman–Crippen MR) is 136 cm³/mol. The Labute approximate surface area is 214 Å². The number of aryl methyl sites for hydroxylation is 1. The predicted octanol–water partition coefficient (Wildman–Crippen LogP) is 4.98. The molecule has 0 aliphatic carbocycles. The zero-order valence-electron chi connectivity index (χ0n) is 20.3. The SMILES string of the molecule is Cc1ccsc1CN(Cc1ccc(F)cc1)C(=O)CN(CC(C)C)S(=O)(=O)c1ccc([N+](=O)[O-])cc1. The molecule has 1 aromatic heterocycles. The summed E-state index contributed by atoms with van der Waals surface area (Å²) >= 11 is 1.50. The first-order chi connectivity index (χ1) is 17.0. The van der Waals surface area contributed by atoms with Crippen LogP contribution in [0.4, 0.5) is 10.1 Å². The van der Waals surface area contributed by atoms with Gasteiger partial charge in [0.1, 0.15) is 5.82 Å². The number of halogens is 1. The monoisotopic (exact) mass is 533 g/mol. The minimum Gasteiger partial charge on any atom is -0.332 e. The summed E-state index contributed by atoms with van der Waals surface area (Å²) in [5, 5.41) is 12.9. The van der Waals surface area contributed by atoms with E-state index in [9.17, 15) is 27.7 Å². The van der Waals surface area contributed by atoms with E-state index < -0.39 is 27.4 Å². The Morgan fingerprint density at radius 3 is 2.22 bits per heavy atom. The summed E-state index contributed by atoms with van der Waals surface area (Å²) in [6.07, 6.45) is 0. The number of hydrogen-bond donors (Lipinski definition) is 0. The Morgan fingerprint density at radius 1 is 1.06 bits per heavy atom. The minimum atomic E-state index is -4.10. The molecule has 3 rings (SSSR count). The fourth-order valence-electron chi connectivity index (χ4n) is 3.58. The Kier molecular flexibility index (Phi) is 8.93. The number of nitrogens with zero attached hydrogens (tertiary/aromatic N) is 3. The van der Waals surface area contributed by atoms with Gasteiger partial charge >= 0.3 is 0 Å². The number of sulfonamides is 1. The van der Waals surface area contributed by atoms with E-state index in [4.69, 9.17) is 0 Å². The molecule has 11 heteroatoms. The molecule has 0 atom stereocenters. The molecule has 8 nitrogen and oxygen atoms in total. The van der Waals surface area contributed by atoms with E-state index >= 15 is 0 Å². The smallest absolute Gasteiger partial charge is 0.269 e. The molecule has 0 bridgehead atoms. The van der Waals surface area contributed by atoms with E-state index in [1.165, 1.54) is 35.6 Å². The fraction of sp³-hybridized carbons (Fsp3) is 0.320. The summed E-state index contributed by atoms with van der Waals surface area (Å²) in [4.78, 5) is 26.3. The molecule has 1 heterocycles. The van der Waals surface area contributed by atoms with Gasteiger partial charge in [-0.1, -0.05) is 26.0 Å². The molecule has 0 saturated heterocycles. The topological polar surface area (TPSA) is 101 Å². The van der Waals surface area contributed by atoms with Crippen molar-refractivity contribution in [3.8, 4) is 0 Å². The molecule has 0 radical (unpaired) electrons. The zero-order chi connectivity index (χ0) is 26.5. The first kappa shape index (κ1) is 27.4. The average molecular weight is 534 g/mol. The van der Waals surface area contributed by atoms with Crippen molar-refractivity contribution < 1.29 is 22.5 Å². The highest BCUT2D eigenvalue weighted by atomic mass is 32.2. The van der Waals surface area contributed by atoms with Crippen LogP contribution in [-0.2, 0) is 27.9 Å². The van der Waals surface area contributed by atoms with E-state index in [1.807, 2.05) is 32.2 Å². The molecule has 0 spiro atoms. The van der Waals surface area contributed by atoms with Crippen LogP contribution in [0.1, 0.15) is 29.9 Å². The average Bonchev–Trinajstić information content (AvgIpc) is 3.23. The second-order valence-corrected chi connectivity index (χ2v) is 11.8. The molecule has 0 aliphatic heterocycles. The molecule has 0 saturated carbocycles. The molecular formula is C25H28FN3O5S2. The van der Waals surface area contributed by atoms with Gasteiger partial charge in [-0.05, 0) is 59.7 Å². The van der Waals surface area contributed by atoms with Crippen LogP contribution in [-0.4, -0.2) is 41.5 Å². The Balaban J connectivity index is 1.90. The Hall–Kier alpha value is -3.15. The molecular weight excluding hydrogens is 505 g/mol. The standard InChI is InChI=1S/C25H28FN3O5S2/c1-18(2)14-28(36(33,34)23-10-8-22(9-11-23)29(31)32)17-25(30)27(16-24-19(3)12-13-35-24)15-20-4-6-21(26)7-5-20/h4-13,18H,14-17H2,1-3H3. The van der Waals surface area contributed by atoms with E-state index in [2.05, 4.69) is 0 Å². The highest BCUT2D eigenvalue weighted by Gasteiger charge is 2.30. The lowest BCUT2D eigenvalue weighted by molar-refractivity contribution is -0.384. The van der Waals surface area contributed by atoms with Crippen molar-refractivity contribution in [3.05, 3.63) is 91.9 Å². The third-order valence-electron chi connectivity index (χ3n) is 5.51. The molecule has 0 aliphatic rings. The molecule has 0 N–H and O–H groups in total. The summed E-state index contributed by atoms with van der Waals surface area (Å²) in [5.41, 5.74) is 1.51. The minimum absolute atomic E-state index is 0.0734. The van der Waals surface area contributed by atoms with Crippen molar-refractivity contribution in [1.29, 1.82) is 0 Å². The van der Waals surface area contributed by atoms with Crippen molar-refractivity contribution in [2.75, 3.05) is 13.1 Å². The number of carbonyl (C=O) groups is 1. The van der Waals surface area contributed by atoms with Gasteiger partial charge in [0.2, 0.25) is 15.9 Å². The van der Waals surface area contributed by atoms with Crippen LogP contribution < -0.4 is 0 Å². The molecule has 1 amide bonds. The number of thiophene rings is 1. The lowest BCUT2D eigenvalue weighted by atomic mass is 10.2. The molecule has 3 aromatic rings. The van der Waals surface area contributed by atoms with Crippen LogP contribution >= 0.6 is 11.3 Å². The number of benzene rings is 2. The highest BCUT2D eigenvalue weighted by Crippen LogP contribution is 2.23. The number of rotatable bonds is 11. The Morgan fingerprint density at radius 2 is 1.69 bits per heavy atom. The van der Waals surface area contributed by atoms with Crippen molar-refractivity contribution in [2.24, 2.45) is 5.92 Å². The summed E-state index contributed by atoms with van der Waals surface area (Å²) in [6.45, 7) is 5.78. The van der Waals surface area contributed by atoms with Crippen LogP contribution in [0, 0.1) is 28.8 Å². The van der Waals surface area contributed by atoms with E-state index in [1.54, 1.807) is 17.0 Å². The molecule has 0 fully saturated rings. The normalized spacial score (nSPS) is 11.7. The number of nitro benzene ring substituents is 1. The fourth-order valence-corrected chi connectivity index (χ4v) is 6.05. The molecule has 36 heavy (non-hydrogen) atoms. The number of carbonyl (C=O) groups excluding carboxylic acids is 1. The number of non-ortho nitro benzene ring substituents is 1. The van der Waals surface area contributed by atoms with Gasteiger partial charge in [0.25, 0.3) is 5.69 Å².